The van der Waals surface area contributed by atoms with E-state index < -0.39 is 0 Å². The standard InChI is InChI=1S/C20H28N2O5/c1-21-11-13-7-14(6-12(13)8-19(21)23)22(2)20(24)15-9-17(26-4)18(27-5)10-16(15)25-3/h9-10,12-14H,6-8,11H2,1-5H3/t12-,13+,14-/m1/s1. The molecule has 1 aromatic carbocycles. The van der Waals surface area contributed by atoms with Gasteiger partial charge in [0.15, 0.2) is 11.5 Å². The van der Waals surface area contributed by atoms with E-state index in [1.165, 1.54) is 14.2 Å². The summed E-state index contributed by atoms with van der Waals surface area (Å²) >= 11 is 0. The molecule has 2 fully saturated rings. The van der Waals surface area contributed by atoms with Gasteiger partial charge in [-0.15, -0.1) is 0 Å². The van der Waals surface area contributed by atoms with Gasteiger partial charge in [0.25, 0.3) is 5.91 Å². The van der Waals surface area contributed by atoms with Gasteiger partial charge >= 0.3 is 0 Å². The lowest BCUT2D eigenvalue weighted by Gasteiger charge is -2.31. The van der Waals surface area contributed by atoms with Crippen molar-refractivity contribution in [3.63, 3.8) is 0 Å². The monoisotopic (exact) mass is 376 g/mol. The molecule has 1 saturated heterocycles. The van der Waals surface area contributed by atoms with E-state index in [9.17, 15) is 9.59 Å². The fourth-order valence-corrected chi connectivity index (χ4v) is 4.36. The largest absolute Gasteiger partial charge is 0.496 e. The van der Waals surface area contributed by atoms with Crippen molar-refractivity contribution in [2.24, 2.45) is 11.8 Å². The highest BCUT2D eigenvalue weighted by atomic mass is 16.5. The number of rotatable bonds is 5. The van der Waals surface area contributed by atoms with Crippen LogP contribution in [0.2, 0.25) is 0 Å². The Morgan fingerprint density at radius 1 is 1.04 bits per heavy atom. The first kappa shape index (κ1) is 19.3. The smallest absolute Gasteiger partial charge is 0.257 e. The molecule has 148 valence electrons. The lowest BCUT2D eigenvalue weighted by molar-refractivity contribution is -0.134. The van der Waals surface area contributed by atoms with Gasteiger partial charge in [-0.1, -0.05) is 0 Å². The van der Waals surface area contributed by atoms with Crippen molar-refractivity contribution in [3.8, 4) is 17.2 Å². The normalized spacial score (nSPS) is 24.4. The van der Waals surface area contributed by atoms with E-state index in [1.54, 1.807) is 24.1 Å². The minimum absolute atomic E-state index is 0.115. The summed E-state index contributed by atoms with van der Waals surface area (Å²) in [7, 11) is 8.30. The summed E-state index contributed by atoms with van der Waals surface area (Å²) in [6.45, 7) is 0.779. The molecule has 0 bridgehead atoms. The van der Waals surface area contributed by atoms with E-state index in [1.807, 2.05) is 19.0 Å². The van der Waals surface area contributed by atoms with Crippen LogP contribution in [-0.2, 0) is 4.79 Å². The number of amides is 2. The topological polar surface area (TPSA) is 68.3 Å². The van der Waals surface area contributed by atoms with Gasteiger partial charge < -0.3 is 24.0 Å². The zero-order chi connectivity index (χ0) is 19.7. The summed E-state index contributed by atoms with van der Waals surface area (Å²) in [5, 5.41) is 0. The van der Waals surface area contributed by atoms with Crippen LogP contribution in [0.15, 0.2) is 12.1 Å². The number of ether oxygens (including phenoxy) is 3. The molecule has 0 aromatic heterocycles. The maximum absolute atomic E-state index is 13.2. The number of piperidine rings is 1. The molecule has 0 N–H and O–H groups in total. The molecule has 1 saturated carbocycles. The summed E-state index contributed by atoms with van der Waals surface area (Å²) in [5.41, 5.74) is 0.445. The molecule has 0 spiro atoms. The Morgan fingerprint density at radius 2 is 1.63 bits per heavy atom. The number of likely N-dealkylation sites (tertiary alicyclic amines) is 1. The molecule has 1 aromatic rings. The highest BCUT2D eigenvalue weighted by molar-refractivity contribution is 5.98. The Labute approximate surface area is 160 Å². The number of methoxy groups -OCH3 is 3. The van der Waals surface area contributed by atoms with Crippen LogP contribution >= 0.6 is 0 Å². The van der Waals surface area contributed by atoms with Crippen LogP contribution in [0.5, 0.6) is 17.2 Å². The average Bonchev–Trinajstić information content (AvgIpc) is 3.08. The fraction of sp³-hybridized carbons (Fsp3) is 0.600. The van der Waals surface area contributed by atoms with Crippen molar-refractivity contribution < 1.29 is 23.8 Å². The lowest BCUT2D eigenvalue weighted by Crippen LogP contribution is -2.40. The zero-order valence-electron chi connectivity index (χ0n) is 16.7. The second-order valence-electron chi connectivity index (χ2n) is 7.45. The maximum atomic E-state index is 13.2. The van der Waals surface area contributed by atoms with Crippen molar-refractivity contribution in [1.82, 2.24) is 9.80 Å². The van der Waals surface area contributed by atoms with Gasteiger partial charge in [0.1, 0.15) is 5.75 Å². The first-order chi connectivity index (χ1) is 12.9. The molecule has 2 aliphatic rings. The Balaban J connectivity index is 1.81. The maximum Gasteiger partial charge on any atom is 0.257 e. The van der Waals surface area contributed by atoms with Gasteiger partial charge in [-0.3, -0.25) is 9.59 Å². The van der Waals surface area contributed by atoms with Crippen LogP contribution in [0, 0.1) is 11.8 Å². The molecule has 7 heteroatoms. The first-order valence-corrected chi connectivity index (χ1v) is 9.20. The summed E-state index contributed by atoms with van der Waals surface area (Å²) in [5.74, 6) is 2.37. The number of carbonyl (C=O) groups excluding carboxylic acids is 2. The molecule has 3 atom stereocenters. The minimum atomic E-state index is -0.115. The molecule has 3 rings (SSSR count). The average molecular weight is 376 g/mol. The predicted molar refractivity (Wildman–Crippen MR) is 100 cm³/mol. The lowest BCUT2D eigenvalue weighted by atomic mass is 9.88. The molecular formula is C20H28N2O5. The van der Waals surface area contributed by atoms with E-state index in [2.05, 4.69) is 0 Å². The third kappa shape index (κ3) is 3.55. The van der Waals surface area contributed by atoms with Crippen LogP contribution < -0.4 is 14.2 Å². The summed E-state index contributed by atoms with van der Waals surface area (Å²) in [6, 6.07) is 3.45. The molecule has 7 nitrogen and oxygen atoms in total. The second-order valence-corrected chi connectivity index (χ2v) is 7.45. The molecule has 2 amide bonds. The SMILES string of the molecule is COc1cc(OC)c(C(=O)N(C)[C@@H]2C[C@@H]3CC(=O)N(C)C[C@@H]3C2)cc1OC. The summed E-state index contributed by atoms with van der Waals surface area (Å²) < 4.78 is 16.0. The highest BCUT2D eigenvalue weighted by Gasteiger charge is 2.42. The van der Waals surface area contributed by atoms with E-state index in [0.717, 1.165) is 19.4 Å². The van der Waals surface area contributed by atoms with Crippen molar-refractivity contribution in [1.29, 1.82) is 0 Å². The number of hydrogen-bond acceptors (Lipinski definition) is 5. The van der Waals surface area contributed by atoms with E-state index in [-0.39, 0.29) is 17.9 Å². The fourth-order valence-electron chi connectivity index (χ4n) is 4.36. The first-order valence-electron chi connectivity index (χ1n) is 9.20. The van der Waals surface area contributed by atoms with Gasteiger partial charge in [0.05, 0.1) is 26.9 Å². The Bertz CT molecular complexity index is 735. The summed E-state index contributed by atoms with van der Waals surface area (Å²) in [4.78, 5) is 28.8. The van der Waals surface area contributed by atoms with Crippen LogP contribution in [0.1, 0.15) is 29.6 Å². The number of benzene rings is 1. The Kier molecular flexibility index (Phi) is 5.48. The van der Waals surface area contributed by atoms with Gasteiger partial charge in [0, 0.05) is 45.2 Å². The molecule has 0 unspecified atom stereocenters. The van der Waals surface area contributed by atoms with Crippen molar-refractivity contribution in [2.45, 2.75) is 25.3 Å². The third-order valence-corrected chi connectivity index (χ3v) is 5.99. The van der Waals surface area contributed by atoms with E-state index in [4.69, 9.17) is 14.2 Å². The second kappa shape index (κ2) is 7.66. The zero-order valence-corrected chi connectivity index (χ0v) is 16.7. The minimum Gasteiger partial charge on any atom is -0.496 e. The quantitative estimate of drug-likeness (QED) is 0.787. The Morgan fingerprint density at radius 3 is 2.26 bits per heavy atom. The van der Waals surface area contributed by atoms with E-state index >= 15 is 0 Å². The number of carbonyl (C=O) groups is 2. The van der Waals surface area contributed by atoms with Crippen molar-refractivity contribution >= 4 is 11.8 Å². The van der Waals surface area contributed by atoms with Gasteiger partial charge in [0.2, 0.25) is 5.91 Å². The molecule has 0 radical (unpaired) electrons. The van der Waals surface area contributed by atoms with Crippen molar-refractivity contribution in [2.75, 3.05) is 42.0 Å². The molecule has 1 aliphatic carbocycles. The van der Waals surface area contributed by atoms with Gasteiger partial charge in [-0.05, 0) is 24.7 Å². The third-order valence-electron chi connectivity index (χ3n) is 5.99. The molecule has 1 heterocycles. The summed E-state index contributed by atoms with van der Waals surface area (Å²) in [6.07, 6.45) is 2.36. The number of hydrogen-bond donors (Lipinski definition) is 0. The van der Waals surface area contributed by atoms with Crippen molar-refractivity contribution in [3.05, 3.63) is 17.7 Å². The number of nitrogens with zero attached hydrogens (tertiary/aromatic N) is 2. The molecule has 27 heavy (non-hydrogen) atoms. The number of fused-ring (bicyclic) bond motifs is 1. The van der Waals surface area contributed by atoms with E-state index in [0.29, 0.717) is 41.1 Å². The van der Waals surface area contributed by atoms with Gasteiger partial charge in [-0.2, -0.15) is 0 Å². The molecule has 1 aliphatic heterocycles. The van der Waals surface area contributed by atoms with Crippen LogP contribution in [0.3, 0.4) is 0 Å². The van der Waals surface area contributed by atoms with Crippen LogP contribution in [0.4, 0.5) is 0 Å². The highest BCUT2D eigenvalue weighted by Crippen LogP contribution is 2.41. The van der Waals surface area contributed by atoms with Crippen LogP contribution in [0.25, 0.3) is 0 Å². The molecular weight excluding hydrogens is 348 g/mol. The Hall–Kier alpha value is -2.44. The van der Waals surface area contributed by atoms with Crippen LogP contribution in [-0.4, -0.2) is 69.6 Å². The van der Waals surface area contributed by atoms with Gasteiger partial charge in [-0.25, -0.2) is 0 Å². The predicted octanol–water partition coefficient (Wildman–Crippen LogP) is 2.04.